The third-order valence-electron chi connectivity index (χ3n) is 3.62. The van der Waals surface area contributed by atoms with Crippen LogP contribution in [0.2, 0.25) is 0 Å². The Hall–Kier alpha value is -1.77. The summed E-state index contributed by atoms with van der Waals surface area (Å²) in [6.07, 6.45) is 1.83. The molecule has 0 bridgehead atoms. The van der Waals surface area contributed by atoms with Crippen molar-refractivity contribution in [2.75, 3.05) is 5.73 Å². The van der Waals surface area contributed by atoms with Crippen LogP contribution in [0.25, 0.3) is 11.3 Å². The van der Waals surface area contributed by atoms with Gasteiger partial charge in [0, 0.05) is 11.1 Å². The molecule has 0 saturated carbocycles. The lowest BCUT2D eigenvalue weighted by molar-refractivity contribution is 0.402. The Morgan fingerprint density at radius 1 is 1.00 bits per heavy atom. The van der Waals surface area contributed by atoms with Crippen LogP contribution in [0.3, 0.4) is 0 Å². The fourth-order valence-electron chi connectivity index (χ4n) is 2.32. The van der Waals surface area contributed by atoms with Crippen molar-refractivity contribution in [1.29, 1.82) is 0 Å². The molecule has 2 aromatic rings. The zero-order chi connectivity index (χ0) is 14.4. The van der Waals surface area contributed by atoms with E-state index in [0.717, 1.165) is 17.1 Å². The SMILES string of the molecule is Cc1cc(C)c(-c2ncn(C(C)(C)C)c2N)cc1C. The number of nitrogens with two attached hydrogens (primary N) is 1. The van der Waals surface area contributed by atoms with E-state index in [9.17, 15) is 0 Å². The molecule has 3 nitrogen and oxygen atoms in total. The molecule has 102 valence electrons. The van der Waals surface area contributed by atoms with Crippen molar-refractivity contribution < 1.29 is 0 Å². The Morgan fingerprint density at radius 2 is 1.58 bits per heavy atom. The predicted octanol–water partition coefficient (Wildman–Crippen LogP) is 3.81. The molecule has 0 fully saturated rings. The lowest BCUT2D eigenvalue weighted by atomic mass is 9.98. The van der Waals surface area contributed by atoms with Gasteiger partial charge in [0.05, 0.1) is 6.33 Å². The van der Waals surface area contributed by atoms with Gasteiger partial charge in [0.1, 0.15) is 11.5 Å². The molecule has 0 atom stereocenters. The first-order valence-electron chi connectivity index (χ1n) is 6.63. The van der Waals surface area contributed by atoms with Gasteiger partial charge in [-0.25, -0.2) is 4.98 Å². The average molecular weight is 257 g/mol. The molecule has 2 rings (SSSR count). The molecule has 0 aliphatic carbocycles. The first kappa shape index (κ1) is 13.7. The highest BCUT2D eigenvalue weighted by Gasteiger charge is 2.20. The zero-order valence-electron chi connectivity index (χ0n) is 12.7. The molecule has 0 spiro atoms. The van der Waals surface area contributed by atoms with Crippen LogP contribution in [0.15, 0.2) is 18.5 Å². The third kappa shape index (κ3) is 2.37. The summed E-state index contributed by atoms with van der Waals surface area (Å²) in [5.74, 6) is 0.735. The Labute approximate surface area is 115 Å². The lowest BCUT2D eigenvalue weighted by Gasteiger charge is -2.22. The van der Waals surface area contributed by atoms with Gasteiger partial charge in [-0.2, -0.15) is 0 Å². The molecule has 1 aromatic heterocycles. The smallest absolute Gasteiger partial charge is 0.132 e. The van der Waals surface area contributed by atoms with Gasteiger partial charge in [-0.3, -0.25) is 0 Å². The van der Waals surface area contributed by atoms with E-state index < -0.39 is 0 Å². The van der Waals surface area contributed by atoms with E-state index in [1.165, 1.54) is 16.7 Å². The third-order valence-corrected chi connectivity index (χ3v) is 3.62. The molecule has 0 aliphatic rings. The maximum Gasteiger partial charge on any atom is 0.132 e. The molecule has 2 N–H and O–H groups in total. The summed E-state index contributed by atoms with van der Waals surface area (Å²) in [5, 5.41) is 0. The van der Waals surface area contributed by atoms with Crippen molar-refractivity contribution in [2.24, 2.45) is 0 Å². The van der Waals surface area contributed by atoms with Crippen molar-refractivity contribution in [1.82, 2.24) is 9.55 Å². The number of hydrogen-bond acceptors (Lipinski definition) is 2. The minimum atomic E-state index is -0.0526. The second-order valence-electron chi connectivity index (χ2n) is 6.27. The molecule has 0 amide bonds. The number of anilines is 1. The standard InChI is InChI=1S/C16H23N3/c1-10-7-12(3)13(8-11(10)2)14-15(17)19(9-18-14)16(4,5)6/h7-9H,17H2,1-6H3. The van der Waals surface area contributed by atoms with Crippen LogP contribution in [-0.4, -0.2) is 9.55 Å². The van der Waals surface area contributed by atoms with Gasteiger partial charge in [0.2, 0.25) is 0 Å². The maximum absolute atomic E-state index is 6.28. The van der Waals surface area contributed by atoms with E-state index >= 15 is 0 Å². The predicted molar refractivity (Wildman–Crippen MR) is 81.3 cm³/mol. The fourth-order valence-corrected chi connectivity index (χ4v) is 2.32. The molecular weight excluding hydrogens is 234 g/mol. The Kier molecular flexibility index (Phi) is 3.17. The number of aromatic nitrogens is 2. The monoisotopic (exact) mass is 257 g/mol. The fraction of sp³-hybridized carbons (Fsp3) is 0.438. The summed E-state index contributed by atoms with van der Waals surface area (Å²) in [5.41, 5.74) is 12.0. The largest absolute Gasteiger partial charge is 0.383 e. The lowest BCUT2D eigenvalue weighted by Crippen LogP contribution is -2.22. The van der Waals surface area contributed by atoms with E-state index in [2.05, 4.69) is 58.7 Å². The van der Waals surface area contributed by atoms with Crippen LogP contribution in [-0.2, 0) is 5.54 Å². The van der Waals surface area contributed by atoms with Crippen LogP contribution in [0.5, 0.6) is 0 Å². The van der Waals surface area contributed by atoms with E-state index in [1.54, 1.807) is 0 Å². The number of rotatable bonds is 1. The number of imidazole rings is 1. The molecule has 19 heavy (non-hydrogen) atoms. The number of nitrogen functional groups attached to an aromatic ring is 1. The Bertz CT molecular complexity index is 616. The average Bonchev–Trinajstić information content (AvgIpc) is 2.65. The van der Waals surface area contributed by atoms with E-state index in [1.807, 2.05) is 10.9 Å². The molecule has 0 aliphatic heterocycles. The van der Waals surface area contributed by atoms with Crippen molar-refractivity contribution in [2.45, 2.75) is 47.1 Å². The second-order valence-corrected chi connectivity index (χ2v) is 6.27. The first-order valence-corrected chi connectivity index (χ1v) is 6.63. The van der Waals surface area contributed by atoms with Gasteiger partial charge in [-0.05, 0) is 64.3 Å². The Morgan fingerprint density at radius 3 is 2.11 bits per heavy atom. The molecule has 0 saturated heterocycles. The van der Waals surface area contributed by atoms with E-state index in [4.69, 9.17) is 5.73 Å². The van der Waals surface area contributed by atoms with Crippen LogP contribution >= 0.6 is 0 Å². The summed E-state index contributed by atoms with van der Waals surface area (Å²) in [6, 6.07) is 4.37. The van der Waals surface area contributed by atoms with Crippen molar-refractivity contribution in [3.63, 3.8) is 0 Å². The van der Waals surface area contributed by atoms with Crippen LogP contribution in [0.4, 0.5) is 5.82 Å². The summed E-state index contributed by atoms with van der Waals surface area (Å²) in [6.45, 7) is 12.7. The van der Waals surface area contributed by atoms with Crippen molar-refractivity contribution in [3.05, 3.63) is 35.2 Å². The zero-order valence-corrected chi connectivity index (χ0v) is 12.7. The highest BCUT2D eigenvalue weighted by Crippen LogP contribution is 2.32. The van der Waals surface area contributed by atoms with Gasteiger partial charge in [0.25, 0.3) is 0 Å². The molecule has 3 heteroatoms. The number of aryl methyl sites for hydroxylation is 3. The highest BCUT2D eigenvalue weighted by atomic mass is 15.2. The van der Waals surface area contributed by atoms with E-state index in [-0.39, 0.29) is 5.54 Å². The minimum Gasteiger partial charge on any atom is -0.383 e. The summed E-state index contributed by atoms with van der Waals surface area (Å²) < 4.78 is 2.02. The van der Waals surface area contributed by atoms with Gasteiger partial charge < -0.3 is 10.3 Å². The highest BCUT2D eigenvalue weighted by molar-refractivity contribution is 5.74. The molecule has 0 radical (unpaired) electrons. The van der Waals surface area contributed by atoms with Crippen molar-refractivity contribution >= 4 is 5.82 Å². The normalized spacial score (nSPS) is 11.9. The summed E-state index contributed by atoms with van der Waals surface area (Å²) in [7, 11) is 0. The van der Waals surface area contributed by atoms with Crippen LogP contribution < -0.4 is 5.73 Å². The van der Waals surface area contributed by atoms with Gasteiger partial charge in [-0.15, -0.1) is 0 Å². The van der Waals surface area contributed by atoms with Gasteiger partial charge in [0.15, 0.2) is 0 Å². The van der Waals surface area contributed by atoms with E-state index in [0.29, 0.717) is 0 Å². The van der Waals surface area contributed by atoms with Gasteiger partial charge in [-0.1, -0.05) is 6.07 Å². The Balaban J connectivity index is 2.61. The summed E-state index contributed by atoms with van der Waals surface area (Å²) >= 11 is 0. The summed E-state index contributed by atoms with van der Waals surface area (Å²) in [4.78, 5) is 4.52. The molecule has 1 aromatic carbocycles. The molecular formula is C16H23N3. The number of benzene rings is 1. The maximum atomic E-state index is 6.28. The second kappa shape index (κ2) is 4.41. The topological polar surface area (TPSA) is 43.8 Å². The van der Waals surface area contributed by atoms with Crippen LogP contribution in [0.1, 0.15) is 37.5 Å². The number of hydrogen-bond donors (Lipinski definition) is 1. The number of nitrogens with zero attached hydrogens (tertiary/aromatic N) is 2. The van der Waals surface area contributed by atoms with Crippen molar-refractivity contribution in [3.8, 4) is 11.3 Å². The molecule has 0 unspecified atom stereocenters. The first-order chi connectivity index (χ1) is 8.71. The minimum absolute atomic E-state index is 0.0526. The molecule has 1 heterocycles. The quantitative estimate of drug-likeness (QED) is 0.844. The van der Waals surface area contributed by atoms with Crippen LogP contribution in [0, 0.1) is 20.8 Å². The van der Waals surface area contributed by atoms with Gasteiger partial charge >= 0.3 is 0 Å².